The summed E-state index contributed by atoms with van der Waals surface area (Å²) in [5.41, 5.74) is -0.515. The summed E-state index contributed by atoms with van der Waals surface area (Å²) in [5, 5.41) is 0. The third-order valence-corrected chi connectivity index (χ3v) is 9.17. The van der Waals surface area contributed by atoms with Gasteiger partial charge in [0.25, 0.3) is 0 Å². The molecule has 36 heavy (non-hydrogen) atoms. The van der Waals surface area contributed by atoms with Gasteiger partial charge in [0.05, 0.1) is 9.79 Å². The van der Waals surface area contributed by atoms with E-state index in [4.69, 9.17) is 0 Å². The number of nitrogens with zero attached hydrogens (tertiary/aromatic N) is 1. The monoisotopic (exact) mass is 544 g/mol. The van der Waals surface area contributed by atoms with Crippen LogP contribution in [0.2, 0.25) is 0 Å². The summed E-state index contributed by atoms with van der Waals surface area (Å²) in [7, 11) is -9.15. The molecule has 13 heteroatoms. The number of sulfonamides is 1. The third kappa shape index (κ3) is 4.82. The van der Waals surface area contributed by atoms with Crippen LogP contribution in [0.1, 0.15) is 30.5 Å². The van der Waals surface area contributed by atoms with Crippen molar-refractivity contribution in [2.24, 2.45) is 0 Å². The molecule has 7 nitrogen and oxygen atoms in total. The molecule has 0 saturated heterocycles. The lowest BCUT2D eigenvalue weighted by Crippen LogP contribution is -2.32. The fraction of sp³-hybridized carbons (Fsp3) is 0.261. The Morgan fingerprint density at radius 3 is 2.39 bits per heavy atom. The number of pyridine rings is 1. The molecular formula is C23H20F4N2O5S2. The number of hydrogen-bond acceptors (Lipinski definition) is 6. The quantitative estimate of drug-likeness (QED) is 0.469. The molecule has 2 aromatic carbocycles. The van der Waals surface area contributed by atoms with Crippen LogP contribution >= 0.6 is 0 Å². The first kappa shape index (κ1) is 26.0. The van der Waals surface area contributed by atoms with Crippen molar-refractivity contribution in [1.82, 2.24) is 9.71 Å². The zero-order chi connectivity index (χ0) is 26.5. The number of aromatic nitrogens is 1. The molecule has 1 aliphatic rings. The minimum atomic E-state index is -5.26. The first-order valence-electron chi connectivity index (χ1n) is 10.5. The average Bonchev–Trinajstić information content (AvgIpc) is 2.77. The largest absolute Gasteiger partial charge is 0.573 e. The number of benzene rings is 2. The maximum absolute atomic E-state index is 13.9. The molecule has 192 valence electrons. The van der Waals surface area contributed by atoms with Crippen molar-refractivity contribution in [2.75, 3.05) is 6.54 Å². The van der Waals surface area contributed by atoms with Crippen LogP contribution in [0.5, 0.6) is 5.75 Å². The standard InChI is InChI=1S/C23H20F4N2O5S2/c1-22(2)16-6-5-15(24)10-19(16)35(30,31)20-12-21(18(11-17(20)22)34-23(25,26)27)36(32,33)29-9-7-14-4-3-8-28-13-14/h3-6,8,10-13,29H,7,9H2,1-2H3. The van der Waals surface area contributed by atoms with Crippen LogP contribution in [-0.2, 0) is 31.7 Å². The SMILES string of the molecule is CC1(C)c2ccc(F)cc2S(=O)(=O)c2cc(S(=O)(=O)NCCc3cccnc3)c(OC(F)(F)F)cc21. The highest BCUT2D eigenvalue weighted by Gasteiger charge is 2.44. The number of alkyl halides is 3. The predicted octanol–water partition coefficient (Wildman–Crippen LogP) is 4.11. The maximum Gasteiger partial charge on any atom is 0.573 e. The van der Waals surface area contributed by atoms with Crippen LogP contribution in [0.3, 0.4) is 0 Å². The van der Waals surface area contributed by atoms with Crippen LogP contribution < -0.4 is 9.46 Å². The Balaban J connectivity index is 1.85. The lowest BCUT2D eigenvalue weighted by molar-refractivity contribution is -0.275. The highest BCUT2D eigenvalue weighted by molar-refractivity contribution is 7.92. The minimum absolute atomic E-state index is 0.116. The molecular weight excluding hydrogens is 524 g/mol. The van der Waals surface area contributed by atoms with Crippen LogP contribution in [0, 0.1) is 5.82 Å². The molecule has 0 radical (unpaired) electrons. The molecule has 0 fully saturated rings. The fourth-order valence-corrected chi connectivity index (χ4v) is 7.35. The predicted molar refractivity (Wildman–Crippen MR) is 120 cm³/mol. The summed E-state index contributed by atoms with van der Waals surface area (Å²) >= 11 is 0. The first-order chi connectivity index (χ1) is 16.6. The van der Waals surface area contributed by atoms with Crippen molar-refractivity contribution in [1.29, 1.82) is 0 Å². The Morgan fingerprint density at radius 1 is 1.06 bits per heavy atom. The second kappa shape index (κ2) is 8.82. The van der Waals surface area contributed by atoms with Crippen molar-refractivity contribution in [3.05, 3.63) is 77.4 Å². The van der Waals surface area contributed by atoms with E-state index in [-0.39, 0.29) is 24.1 Å². The molecule has 0 unspecified atom stereocenters. The Bertz CT molecular complexity index is 1540. The first-order valence-corrected chi connectivity index (χ1v) is 13.5. The number of ether oxygens (including phenoxy) is 1. The molecule has 1 aliphatic heterocycles. The van der Waals surface area contributed by atoms with Gasteiger partial charge in [-0.05, 0) is 53.4 Å². The number of halogens is 4. The van der Waals surface area contributed by atoms with Gasteiger partial charge in [-0.1, -0.05) is 26.0 Å². The van der Waals surface area contributed by atoms with Gasteiger partial charge in [-0.15, -0.1) is 13.2 Å². The molecule has 0 bridgehead atoms. The van der Waals surface area contributed by atoms with Gasteiger partial charge < -0.3 is 4.74 Å². The number of sulfone groups is 1. The van der Waals surface area contributed by atoms with E-state index in [1.807, 2.05) is 0 Å². The second-order valence-corrected chi connectivity index (χ2v) is 12.2. The van der Waals surface area contributed by atoms with E-state index in [0.717, 1.165) is 18.2 Å². The zero-order valence-corrected chi connectivity index (χ0v) is 20.6. The molecule has 4 rings (SSSR count). The van der Waals surface area contributed by atoms with Crippen LogP contribution in [0.25, 0.3) is 0 Å². The average molecular weight is 545 g/mol. The molecule has 0 saturated carbocycles. The highest BCUT2D eigenvalue weighted by Crippen LogP contribution is 2.48. The van der Waals surface area contributed by atoms with Crippen LogP contribution in [0.15, 0.2) is 69.5 Å². The van der Waals surface area contributed by atoms with Crippen molar-refractivity contribution in [3.8, 4) is 5.75 Å². The lowest BCUT2D eigenvalue weighted by atomic mass is 9.77. The van der Waals surface area contributed by atoms with E-state index in [9.17, 15) is 34.4 Å². The van der Waals surface area contributed by atoms with Crippen molar-refractivity contribution in [3.63, 3.8) is 0 Å². The van der Waals surface area contributed by atoms with Crippen LogP contribution in [-0.4, -0.2) is 34.7 Å². The summed E-state index contributed by atoms with van der Waals surface area (Å²) in [5.74, 6) is -1.91. The van der Waals surface area contributed by atoms with Crippen molar-refractivity contribution < 1.29 is 39.1 Å². The van der Waals surface area contributed by atoms with Gasteiger partial charge in [0.1, 0.15) is 16.5 Å². The summed E-state index contributed by atoms with van der Waals surface area (Å²) in [4.78, 5) is 1.95. The van der Waals surface area contributed by atoms with Gasteiger partial charge in [0.2, 0.25) is 19.9 Å². The number of hydrogen-bond donors (Lipinski definition) is 1. The fourth-order valence-electron chi connectivity index (χ4n) is 4.12. The Hall–Kier alpha value is -3.03. The van der Waals surface area contributed by atoms with E-state index >= 15 is 0 Å². The van der Waals surface area contributed by atoms with Gasteiger partial charge in [0, 0.05) is 24.4 Å². The highest BCUT2D eigenvalue weighted by atomic mass is 32.2. The van der Waals surface area contributed by atoms with E-state index in [2.05, 4.69) is 14.4 Å². The molecule has 0 atom stereocenters. The van der Waals surface area contributed by atoms with E-state index < -0.39 is 57.9 Å². The molecule has 0 amide bonds. The second-order valence-electron chi connectivity index (χ2n) is 8.62. The van der Waals surface area contributed by atoms with Gasteiger partial charge in [-0.25, -0.2) is 25.9 Å². The zero-order valence-electron chi connectivity index (χ0n) is 18.9. The van der Waals surface area contributed by atoms with Crippen molar-refractivity contribution in [2.45, 2.75) is 46.7 Å². The molecule has 1 N–H and O–H groups in total. The lowest BCUT2D eigenvalue weighted by Gasteiger charge is -2.35. The van der Waals surface area contributed by atoms with Gasteiger partial charge >= 0.3 is 6.36 Å². The molecule has 1 aromatic heterocycles. The minimum Gasteiger partial charge on any atom is -0.404 e. The Morgan fingerprint density at radius 2 is 1.75 bits per heavy atom. The third-order valence-electron chi connectivity index (χ3n) is 5.86. The summed E-state index contributed by atoms with van der Waals surface area (Å²) in [6.07, 6.45) is -2.07. The van der Waals surface area contributed by atoms with Gasteiger partial charge in [-0.2, -0.15) is 0 Å². The summed E-state index contributed by atoms with van der Waals surface area (Å²) in [6.45, 7) is 2.87. The summed E-state index contributed by atoms with van der Waals surface area (Å²) in [6, 6.07) is 7.80. The molecule has 2 heterocycles. The Labute approximate surface area is 205 Å². The number of nitrogens with one attached hydrogen (secondary N) is 1. The van der Waals surface area contributed by atoms with Crippen LogP contribution in [0.4, 0.5) is 17.6 Å². The topological polar surface area (TPSA) is 102 Å². The maximum atomic E-state index is 13.9. The summed E-state index contributed by atoms with van der Waals surface area (Å²) < 4.78 is 113. The van der Waals surface area contributed by atoms with E-state index in [0.29, 0.717) is 11.6 Å². The smallest absolute Gasteiger partial charge is 0.404 e. The number of fused-ring (bicyclic) bond motifs is 2. The number of rotatable bonds is 6. The van der Waals surface area contributed by atoms with Crippen molar-refractivity contribution >= 4 is 19.9 Å². The van der Waals surface area contributed by atoms with Gasteiger partial charge in [0.15, 0.2) is 0 Å². The molecule has 0 spiro atoms. The van der Waals surface area contributed by atoms with Gasteiger partial charge in [-0.3, -0.25) is 4.98 Å². The molecule has 0 aliphatic carbocycles. The van der Waals surface area contributed by atoms with E-state index in [1.54, 1.807) is 12.1 Å². The normalized spacial score (nSPS) is 16.2. The molecule has 3 aromatic rings. The Kier molecular flexibility index (Phi) is 6.38. The van der Waals surface area contributed by atoms with E-state index in [1.165, 1.54) is 32.3 Å².